The van der Waals surface area contributed by atoms with Crippen LogP contribution in [0.15, 0.2) is 30.9 Å². The zero-order valence-electron chi connectivity index (χ0n) is 8.01. The summed E-state index contributed by atoms with van der Waals surface area (Å²) in [6.45, 7) is 3.16. The zero-order chi connectivity index (χ0) is 12.3. The van der Waals surface area contributed by atoms with Gasteiger partial charge in [-0.25, -0.2) is 0 Å². The molecule has 0 unspecified atom stereocenters. The largest absolute Gasteiger partial charge is 0.507 e. The van der Waals surface area contributed by atoms with Gasteiger partial charge >= 0.3 is 6.18 Å². The van der Waals surface area contributed by atoms with E-state index in [-0.39, 0.29) is 5.69 Å². The molecule has 1 aromatic rings. The summed E-state index contributed by atoms with van der Waals surface area (Å²) in [4.78, 5) is 10.9. The third-order valence-electron chi connectivity index (χ3n) is 1.75. The lowest BCUT2D eigenvalue weighted by Crippen LogP contribution is -2.10. The van der Waals surface area contributed by atoms with Gasteiger partial charge in [0.1, 0.15) is 5.75 Å². The van der Waals surface area contributed by atoms with Crippen molar-refractivity contribution >= 4 is 11.6 Å². The van der Waals surface area contributed by atoms with Crippen molar-refractivity contribution in [3.63, 3.8) is 0 Å². The SMILES string of the molecule is C=CC(=O)Nc1ccc(O)c(C(F)(F)F)c1. The molecule has 16 heavy (non-hydrogen) atoms. The van der Waals surface area contributed by atoms with Crippen LogP contribution in [0.25, 0.3) is 0 Å². The fourth-order valence-electron chi connectivity index (χ4n) is 1.03. The van der Waals surface area contributed by atoms with Crippen LogP contribution in [0.5, 0.6) is 5.75 Å². The molecule has 0 atom stereocenters. The van der Waals surface area contributed by atoms with E-state index in [0.717, 1.165) is 18.2 Å². The molecule has 0 spiro atoms. The number of benzene rings is 1. The minimum atomic E-state index is -4.67. The highest BCUT2D eigenvalue weighted by molar-refractivity contribution is 5.98. The molecule has 0 bridgehead atoms. The van der Waals surface area contributed by atoms with E-state index in [0.29, 0.717) is 6.07 Å². The van der Waals surface area contributed by atoms with Gasteiger partial charge in [0.25, 0.3) is 0 Å². The molecule has 1 amide bonds. The number of carbonyl (C=O) groups excluding carboxylic acids is 1. The molecular weight excluding hydrogens is 223 g/mol. The number of phenols is 1. The number of hydrogen-bond donors (Lipinski definition) is 2. The highest BCUT2D eigenvalue weighted by atomic mass is 19.4. The Hall–Kier alpha value is -1.98. The fraction of sp³-hybridized carbons (Fsp3) is 0.100. The quantitative estimate of drug-likeness (QED) is 0.607. The van der Waals surface area contributed by atoms with Gasteiger partial charge in [-0.2, -0.15) is 13.2 Å². The number of amides is 1. The Morgan fingerprint density at radius 2 is 2.06 bits per heavy atom. The van der Waals surface area contributed by atoms with Crippen LogP contribution in [0.1, 0.15) is 5.56 Å². The third kappa shape index (κ3) is 2.75. The first kappa shape index (κ1) is 12.1. The van der Waals surface area contributed by atoms with Crippen LogP contribution in [-0.2, 0) is 11.0 Å². The average Bonchev–Trinajstić information content (AvgIpc) is 2.19. The topological polar surface area (TPSA) is 49.3 Å². The molecule has 0 radical (unpaired) electrons. The lowest BCUT2D eigenvalue weighted by atomic mass is 10.1. The number of aromatic hydroxyl groups is 1. The Morgan fingerprint density at radius 3 is 2.56 bits per heavy atom. The van der Waals surface area contributed by atoms with Gasteiger partial charge in [0.2, 0.25) is 5.91 Å². The van der Waals surface area contributed by atoms with Crippen molar-refractivity contribution in [2.24, 2.45) is 0 Å². The molecule has 6 heteroatoms. The van der Waals surface area contributed by atoms with Crippen molar-refractivity contribution in [1.82, 2.24) is 0 Å². The molecule has 0 heterocycles. The Balaban J connectivity index is 3.08. The zero-order valence-corrected chi connectivity index (χ0v) is 8.01. The van der Waals surface area contributed by atoms with Crippen LogP contribution in [0.4, 0.5) is 18.9 Å². The molecule has 0 aliphatic rings. The summed E-state index contributed by atoms with van der Waals surface area (Å²) in [5.74, 6) is -1.51. The van der Waals surface area contributed by atoms with E-state index in [9.17, 15) is 18.0 Å². The van der Waals surface area contributed by atoms with Crippen LogP contribution in [-0.4, -0.2) is 11.0 Å². The van der Waals surface area contributed by atoms with Crippen molar-refractivity contribution in [3.05, 3.63) is 36.4 Å². The Bertz CT molecular complexity index is 427. The van der Waals surface area contributed by atoms with Gasteiger partial charge in [0.05, 0.1) is 5.56 Å². The Morgan fingerprint density at radius 1 is 1.44 bits per heavy atom. The fourth-order valence-corrected chi connectivity index (χ4v) is 1.03. The van der Waals surface area contributed by atoms with Gasteiger partial charge in [-0.05, 0) is 24.3 Å². The standard InChI is InChI=1S/C10H8F3NO2/c1-2-9(16)14-6-3-4-8(15)7(5-6)10(11,12)13/h2-5,15H,1H2,(H,14,16). The van der Waals surface area contributed by atoms with E-state index in [1.165, 1.54) is 0 Å². The van der Waals surface area contributed by atoms with Crippen LogP contribution in [0, 0.1) is 0 Å². The van der Waals surface area contributed by atoms with E-state index in [1.54, 1.807) is 0 Å². The third-order valence-corrected chi connectivity index (χ3v) is 1.75. The van der Waals surface area contributed by atoms with Gasteiger partial charge in [0, 0.05) is 5.69 Å². The molecule has 0 aliphatic heterocycles. The number of carbonyl (C=O) groups is 1. The second-order valence-electron chi connectivity index (χ2n) is 2.92. The summed E-state index contributed by atoms with van der Waals surface area (Å²) in [6.07, 6.45) is -3.74. The van der Waals surface area contributed by atoms with Crippen molar-refractivity contribution in [1.29, 1.82) is 0 Å². The first-order valence-corrected chi connectivity index (χ1v) is 4.18. The number of nitrogens with one attached hydrogen (secondary N) is 1. The summed E-state index contributed by atoms with van der Waals surface area (Å²) in [7, 11) is 0. The van der Waals surface area contributed by atoms with E-state index in [4.69, 9.17) is 5.11 Å². The molecule has 1 rings (SSSR count). The first-order valence-electron chi connectivity index (χ1n) is 4.18. The van der Waals surface area contributed by atoms with Gasteiger partial charge in [0.15, 0.2) is 0 Å². The van der Waals surface area contributed by atoms with E-state index in [2.05, 4.69) is 11.9 Å². The minimum Gasteiger partial charge on any atom is -0.507 e. The molecular formula is C10H8F3NO2. The number of phenolic OH excluding ortho intramolecular Hbond substituents is 1. The second-order valence-corrected chi connectivity index (χ2v) is 2.92. The maximum atomic E-state index is 12.4. The van der Waals surface area contributed by atoms with Gasteiger partial charge in [-0.1, -0.05) is 6.58 Å². The second kappa shape index (κ2) is 4.26. The molecule has 0 aliphatic carbocycles. The highest BCUT2D eigenvalue weighted by Crippen LogP contribution is 2.37. The molecule has 0 aromatic heterocycles. The summed E-state index contributed by atoms with van der Waals surface area (Å²) in [5, 5.41) is 11.2. The van der Waals surface area contributed by atoms with Crippen molar-refractivity contribution in [2.45, 2.75) is 6.18 Å². The van der Waals surface area contributed by atoms with Gasteiger partial charge < -0.3 is 10.4 Å². The Labute approximate surface area is 89.2 Å². The van der Waals surface area contributed by atoms with E-state index in [1.807, 2.05) is 0 Å². The predicted molar refractivity (Wildman–Crippen MR) is 51.9 cm³/mol. The summed E-state index contributed by atoms with van der Waals surface area (Å²) in [6, 6.07) is 2.67. The lowest BCUT2D eigenvalue weighted by molar-refractivity contribution is -0.138. The van der Waals surface area contributed by atoms with Crippen LogP contribution < -0.4 is 5.32 Å². The molecule has 2 N–H and O–H groups in total. The lowest BCUT2D eigenvalue weighted by Gasteiger charge is -2.10. The van der Waals surface area contributed by atoms with Crippen LogP contribution >= 0.6 is 0 Å². The maximum Gasteiger partial charge on any atom is 0.420 e. The number of alkyl halides is 3. The number of anilines is 1. The number of halogens is 3. The minimum absolute atomic E-state index is 0.0602. The maximum absolute atomic E-state index is 12.4. The number of hydrogen-bond acceptors (Lipinski definition) is 2. The van der Waals surface area contributed by atoms with Crippen molar-refractivity contribution in [2.75, 3.05) is 5.32 Å². The summed E-state index contributed by atoms with van der Waals surface area (Å²) in [5.41, 5.74) is -1.26. The monoisotopic (exact) mass is 231 g/mol. The predicted octanol–water partition coefficient (Wildman–Crippen LogP) is 2.54. The molecule has 3 nitrogen and oxygen atoms in total. The van der Waals surface area contributed by atoms with E-state index >= 15 is 0 Å². The van der Waals surface area contributed by atoms with Gasteiger partial charge in [-0.3, -0.25) is 4.79 Å². The highest BCUT2D eigenvalue weighted by Gasteiger charge is 2.34. The molecule has 1 aromatic carbocycles. The van der Waals surface area contributed by atoms with Crippen LogP contribution in [0.3, 0.4) is 0 Å². The van der Waals surface area contributed by atoms with Crippen LogP contribution in [0.2, 0.25) is 0 Å². The summed E-state index contributed by atoms with van der Waals surface area (Å²) < 4.78 is 37.1. The summed E-state index contributed by atoms with van der Waals surface area (Å²) >= 11 is 0. The normalized spacial score (nSPS) is 10.9. The van der Waals surface area contributed by atoms with Crippen molar-refractivity contribution < 1.29 is 23.1 Å². The molecule has 0 saturated carbocycles. The Kier molecular flexibility index (Phi) is 3.22. The average molecular weight is 231 g/mol. The van der Waals surface area contributed by atoms with Gasteiger partial charge in [-0.15, -0.1) is 0 Å². The number of rotatable bonds is 2. The van der Waals surface area contributed by atoms with Crippen molar-refractivity contribution in [3.8, 4) is 5.75 Å². The molecule has 86 valence electrons. The molecule has 0 saturated heterocycles. The first-order chi connectivity index (χ1) is 7.34. The van der Waals surface area contributed by atoms with E-state index < -0.39 is 23.4 Å². The smallest absolute Gasteiger partial charge is 0.420 e. The molecule has 0 fully saturated rings.